The summed E-state index contributed by atoms with van der Waals surface area (Å²) in [4.78, 5) is 22.3. The maximum absolute atomic E-state index is 12.0. The number of carboxylic acid groups (broad SMARTS) is 1. The Hall–Kier alpha value is -1.10. The number of hydrogen-bond donors (Lipinski definition) is 3. The first kappa shape index (κ1) is 17.9. The molecule has 0 unspecified atom stereocenters. The predicted molar refractivity (Wildman–Crippen MR) is 75.8 cm³/mol. The summed E-state index contributed by atoms with van der Waals surface area (Å²) in [5.74, 6) is -0.786. The van der Waals surface area contributed by atoms with Crippen LogP contribution in [-0.2, 0) is 9.59 Å². The summed E-state index contributed by atoms with van der Waals surface area (Å²) in [6, 6.07) is 0. The number of rotatable bonds is 9. The molecule has 0 fully saturated rings. The first-order chi connectivity index (χ1) is 8.59. The normalized spacial score (nSPS) is 12.3. The van der Waals surface area contributed by atoms with Crippen molar-refractivity contribution in [2.45, 2.75) is 65.3 Å². The zero-order valence-corrected chi connectivity index (χ0v) is 12.6. The molecule has 0 aliphatic rings. The summed E-state index contributed by atoms with van der Waals surface area (Å²) >= 11 is 0. The third-order valence-electron chi connectivity index (χ3n) is 3.78. The Kier molecular flexibility index (Phi) is 7.05. The van der Waals surface area contributed by atoms with Crippen molar-refractivity contribution in [2.24, 2.45) is 11.1 Å². The highest BCUT2D eigenvalue weighted by molar-refractivity contribution is 5.83. The fourth-order valence-corrected chi connectivity index (χ4v) is 1.47. The van der Waals surface area contributed by atoms with Gasteiger partial charge < -0.3 is 16.2 Å². The van der Waals surface area contributed by atoms with Gasteiger partial charge in [0.15, 0.2) is 0 Å². The van der Waals surface area contributed by atoms with E-state index in [9.17, 15) is 9.59 Å². The SMILES string of the molecule is CC(C)(N)C(C)(C)C(=O)NCCCCCCC(=O)O. The first-order valence-corrected chi connectivity index (χ1v) is 6.88. The number of hydrogen-bond acceptors (Lipinski definition) is 3. The number of nitrogens with two attached hydrogens (primary N) is 1. The van der Waals surface area contributed by atoms with Crippen LogP contribution in [0.25, 0.3) is 0 Å². The summed E-state index contributed by atoms with van der Waals surface area (Å²) in [6.45, 7) is 7.99. The molecule has 0 aromatic heterocycles. The van der Waals surface area contributed by atoms with E-state index >= 15 is 0 Å². The quantitative estimate of drug-likeness (QED) is 0.559. The number of amides is 1. The highest BCUT2D eigenvalue weighted by Crippen LogP contribution is 2.28. The van der Waals surface area contributed by atoms with Crippen molar-refractivity contribution >= 4 is 11.9 Å². The largest absolute Gasteiger partial charge is 0.481 e. The Morgan fingerprint density at radius 3 is 2.05 bits per heavy atom. The van der Waals surface area contributed by atoms with Crippen LogP contribution in [0.5, 0.6) is 0 Å². The second-order valence-electron chi connectivity index (χ2n) is 6.16. The van der Waals surface area contributed by atoms with E-state index < -0.39 is 16.9 Å². The van der Waals surface area contributed by atoms with Crippen molar-refractivity contribution in [3.05, 3.63) is 0 Å². The minimum absolute atomic E-state index is 0.0365. The van der Waals surface area contributed by atoms with Gasteiger partial charge in [-0.3, -0.25) is 9.59 Å². The van der Waals surface area contributed by atoms with E-state index in [0.29, 0.717) is 13.0 Å². The number of unbranched alkanes of at least 4 members (excludes halogenated alkanes) is 3. The van der Waals surface area contributed by atoms with Crippen molar-refractivity contribution < 1.29 is 14.7 Å². The average molecular weight is 272 g/mol. The Balaban J connectivity index is 3.79. The molecule has 5 heteroatoms. The van der Waals surface area contributed by atoms with Crippen LogP contribution in [0.15, 0.2) is 0 Å². The van der Waals surface area contributed by atoms with Crippen LogP contribution >= 0.6 is 0 Å². The zero-order valence-electron chi connectivity index (χ0n) is 12.6. The van der Waals surface area contributed by atoms with Crippen molar-refractivity contribution in [3.8, 4) is 0 Å². The van der Waals surface area contributed by atoms with E-state index in [1.54, 1.807) is 0 Å². The predicted octanol–water partition coefficient (Wildman–Crippen LogP) is 1.90. The molecule has 0 bridgehead atoms. The molecular formula is C14H28N2O3. The lowest BCUT2D eigenvalue weighted by molar-refractivity contribution is -0.137. The average Bonchev–Trinajstić information content (AvgIpc) is 2.25. The van der Waals surface area contributed by atoms with Crippen molar-refractivity contribution in [1.82, 2.24) is 5.32 Å². The molecule has 0 aliphatic heterocycles. The van der Waals surface area contributed by atoms with Gasteiger partial charge in [0.1, 0.15) is 0 Å². The maximum atomic E-state index is 12.0. The first-order valence-electron chi connectivity index (χ1n) is 6.88. The fraction of sp³-hybridized carbons (Fsp3) is 0.857. The van der Waals surface area contributed by atoms with Crippen LogP contribution in [0.3, 0.4) is 0 Å². The van der Waals surface area contributed by atoms with Crippen molar-refractivity contribution in [1.29, 1.82) is 0 Å². The van der Waals surface area contributed by atoms with Crippen molar-refractivity contribution in [3.63, 3.8) is 0 Å². The highest BCUT2D eigenvalue weighted by atomic mass is 16.4. The van der Waals surface area contributed by atoms with E-state index in [2.05, 4.69) is 5.32 Å². The molecule has 112 valence electrons. The lowest BCUT2D eigenvalue weighted by Gasteiger charge is -2.36. The molecule has 0 heterocycles. The third kappa shape index (κ3) is 6.57. The van der Waals surface area contributed by atoms with E-state index in [-0.39, 0.29) is 12.3 Å². The molecule has 0 saturated carbocycles. The fourth-order valence-electron chi connectivity index (χ4n) is 1.47. The van der Waals surface area contributed by atoms with Gasteiger partial charge in [0.05, 0.1) is 5.41 Å². The molecule has 0 aliphatic carbocycles. The maximum Gasteiger partial charge on any atom is 0.303 e. The molecule has 19 heavy (non-hydrogen) atoms. The van der Waals surface area contributed by atoms with Crippen LogP contribution in [-0.4, -0.2) is 29.1 Å². The standard InChI is InChI=1S/C14H28N2O3/c1-13(2,14(3,4)15)12(19)16-10-8-6-5-7-9-11(17)18/h5-10,15H2,1-4H3,(H,16,19)(H,17,18). The smallest absolute Gasteiger partial charge is 0.303 e. The molecule has 0 spiro atoms. The highest BCUT2D eigenvalue weighted by Gasteiger charge is 2.39. The van der Waals surface area contributed by atoms with Crippen LogP contribution < -0.4 is 11.1 Å². The number of nitrogens with one attached hydrogen (secondary N) is 1. The van der Waals surface area contributed by atoms with Gasteiger partial charge in [-0.1, -0.05) is 12.8 Å². The lowest BCUT2D eigenvalue weighted by atomic mass is 9.74. The second kappa shape index (κ2) is 7.48. The molecule has 0 atom stereocenters. The van der Waals surface area contributed by atoms with Gasteiger partial charge in [0.2, 0.25) is 5.91 Å². The van der Waals surface area contributed by atoms with E-state index in [1.807, 2.05) is 27.7 Å². The molecule has 0 aromatic rings. The molecular weight excluding hydrogens is 244 g/mol. The Bertz CT molecular complexity index is 306. The minimum Gasteiger partial charge on any atom is -0.481 e. The molecule has 0 rings (SSSR count). The molecule has 5 nitrogen and oxygen atoms in total. The van der Waals surface area contributed by atoms with Crippen LogP contribution in [0.1, 0.15) is 59.8 Å². The van der Waals surface area contributed by atoms with Gasteiger partial charge in [0, 0.05) is 18.5 Å². The van der Waals surface area contributed by atoms with E-state index in [0.717, 1.165) is 19.3 Å². The third-order valence-corrected chi connectivity index (χ3v) is 3.78. The zero-order chi connectivity index (χ0) is 15.1. The number of carbonyl (C=O) groups is 2. The minimum atomic E-state index is -0.750. The van der Waals surface area contributed by atoms with Gasteiger partial charge >= 0.3 is 5.97 Å². The Morgan fingerprint density at radius 2 is 1.58 bits per heavy atom. The van der Waals surface area contributed by atoms with E-state index in [1.165, 1.54) is 0 Å². The monoisotopic (exact) mass is 272 g/mol. The molecule has 1 amide bonds. The summed E-state index contributed by atoms with van der Waals surface area (Å²) in [5.41, 5.74) is 4.81. The lowest BCUT2D eigenvalue weighted by Crippen LogP contribution is -2.55. The Morgan fingerprint density at radius 1 is 1.05 bits per heavy atom. The number of carbonyl (C=O) groups excluding carboxylic acids is 1. The van der Waals surface area contributed by atoms with Gasteiger partial charge in [-0.25, -0.2) is 0 Å². The van der Waals surface area contributed by atoms with E-state index in [4.69, 9.17) is 10.8 Å². The second-order valence-corrected chi connectivity index (χ2v) is 6.16. The summed E-state index contributed by atoms with van der Waals surface area (Å²) in [7, 11) is 0. The number of aliphatic carboxylic acids is 1. The van der Waals surface area contributed by atoms with Crippen LogP contribution in [0.4, 0.5) is 0 Å². The summed E-state index contributed by atoms with van der Waals surface area (Å²) in [6.07, 6.45) is 3.60. The topological polar surface area (TPSA) is 92.4 Å². The molecule has 0 saturated heterocycles. The molecule has 4 N–H and O–H groups in total. The Labute approximate surface area is 115 Å². The van der Waals surface area contributed by atoms with Crippen LogP contribution in [0, 0.1) is 5.41 Å². The van der Waals surface area contributed by atoms with Crippen molar-refractivity contribution in [2.75, 3.05) is 6.54 Å². The van der Waals surface area contributed by atoms with Crippen LogP contribution in [0.2, 0.25) is 0 Å². The summed E-state index contributed by atoms with van der Waals surface area (Å²) < 4.78 is 0. The summed E-state index contributed by atoms with van der Waals surface area (Å²) in [5, 5.41) is 11.4. The van der Waals surface area contributed by atoms with Gasteiger partial charge in [-0.15, -0.1) is 0 Å². The molecule has 0 aromatic carbocycles. The van der Waals surface area contributed by atoms with Gasteiger partial charge in [-0.05, 0) is 40.5 Å². The molecule has 0 radical (unpaired) electrons. The van der Waals surface area contributed by atoms with Gasteiger partial charge in [-0.2, -0.15) is 0 Å². The number of carboxylic acids is 1. The van der Waals surface area contributed by atoms with Gasteiger partial charge in [0.25, 0.3) is 0 Å².